The zero-order valence-corrected chi connectivity index (χ0v) is 9.88. The molecule has 0 aliphatic heterocycles. The van der Waals surface area contributed by atoms with E-state index in [1.165, 1.54) is 41.5 Å². The first-order valence-electron chi connectivity index (χ1n) is 4.56. The van der Waals surface area contributed by atoms with Crippen molar-refractivity contribution in [2.75, 3.05) is 0 Å². The predicted molar refractivity (Wildman–Crippen MR) is 59.9 cm³/mol. The minimum Gasteiger partial charge on any atom is -0.137 e. The van der Waals surface area contributed by atoms with Crippen molar-refractivity contribution in [1.29, 1.82) is 0 Å². The SMILES string of the molecule is CCCCCCc1csc(Br)c1. The standard InChI is InChI=1S/C10H15BrS/c1-2-3-4-5-6-9-7-10(11)12-8-9/h7-8H,2-6H2,1H3. The lowest BCUT2D eigenvalue weighted by molar-refractivity contribution is 0.667. The Bertz CT molecular complexity index is 217. The van der Waals surface area contributed by atoms with Crippen LogP contribution in [0.4, 0.5) is 0 Å². The molecule has 1 rings (SSSR count). The van der Waals surface area contributed by atoms with E-state index in [1.807, 2.05) is 0 Å². The second-order valence-corrected chi connectivity index (χ2v) is 5.36. The van der Waals surface area contributed by atoms with Gasteiger partial charge in [-0.05, 0) is 45.8 Å². The van der Waals surface area contributed by atoms with Gasteiger partial charge in [0.15, 0.2) is 0 Å². The monoisotopic (exact) mass is 246 g/mol. The van der Waals surface area contributed by atoms with Crippen LogP contribution in [0.5, 0.6) is 0 Å². The molecule has 0 radical (unpaired) electrons. The van der Waals surface area contributed by atoms with E-state index >= 15 is 0 Å². The fourth-order valence-corrected chi connectivity index (χ4v) is 2.48. The second-order valence-electron chi connectivity index (χ2n) is 3.07. The summed E-state index contributed by atoms with van der Waals surface area (Å²) in [5.74, 6) is 0. The van der Waals surface area contributed by atoms with Crippen molar-refractivity contribution in [3.8, 4) is 0 Å². The van der Waals surface area contributed by atoms with Crippen LogP contribution in [0.2, 0.25) is 0 Å². The van der Waals surface area contributed by atoms with Gasteiger partial charge >= 0.3 is 0 Å². The zero-order valence-electron chi connectivity index (χ0n) is 7.48. The average molecular weight is 247 g/mol. The summed E-state index contributed by atoms with van der Waals surface area (Å²) < 4.78 is 1.26. The Morgan fingerprint density at radius 3 is 2.75 bits per heavy atom. The lowest BCUT2D eigenvalue weighted by Crippen LogP contribution is -1.81. The molecular weight excluding hydrogens is 232 g/mol. The highest BCUT2D eigenvalue weighted by molar-refractivity contribution is 9.11. The molecule has 12 heavy (non-hydrogen) atoms. The van der Waals surface area contributed by atoms with Gasteiger partial charge in [-0.2, -0.15) is 0 Å². The maximum absolute atomic E-state index is 3.47. The molecule has 1 aromatic heterocycles. The molecule has 2 heteroatoms. The summed E-state index contributed by atoms with van der Waals surface area (Å²) in [6.45, 7) is 2.25. The fraction of sp³-hybridized carbons (Fsp3) is 0.600. The molecule has 0 aromatic carbocycles. The zero-order chi connectivity index (χ0) is 8.81. The van der Waals surface area contributed by atoms with Gasteiger partial charge in [0.25, 0.3) is 0 Å². The number of hydrogen-bond donors (Lipinski definition) is 0. The third-order valence-corrected chi connectivity index (χ3v) is 3.49. The van der Waals surface area contributed by atoms with Crippen molar-refractivity contribution in [3.05, 3.63) is 20.8 Å². The molecule has 68 valence electrons. The van der Waals surface area contributed by atoms with Crippen molar-refractivity contribution >= 4 is 27.3 Å². The first-order chi connectivity index (χ1) is 5.83. The lowest BCUT2D eigenvalue weighted by atomic mass is 10.1. The van der Waals surface area contributed by atoms with Crippen LogP contribution in [0.1, 0.15) is 38.2 Å². The summed E-state index contributed by atoms with van der Waals surface area (Å²) in [6.07, 6.45) is 6.68. The fourth-order valence-electron chi connectivity index (χ4n) is 1.23. The van der Waals surface area contributed by atoms with E-state index in [-0.39, 0.29) is 0 Å². The molecule has 0 N–H and O–H groups in total. The Morgan fingerprint density at radius 1 is 1.33 bits per heavy atom. The molecule has 0 atom stereocenters. The van der Waals surface area contributed by atoms with E-state index < -0.39 is 0 Å². The summed E-state index contributed by atoms with van der Waals surface area (Å²) in [6, 6.07) is 2.23. The molecule has 0 saturated carbocycles. The van der Waals surface area contributed by atoms with E-state index in [4.69, 9.17) is 0 Å². The van der Waals surface area contributed by atoms with Gasteiger partial charge in [-0.3, -0.25) is 0 Å². The molecule has 0 aliphatic rings. The molecule has 0 saturated heterocycles. The van der Waals surface area contributed by atoms with E-state index in [9.17, 15) is 0 Å². The predicted octanol–water partition coefficient (Wildman–Crippen LogP) is 4.63. The molecule has 0 unspecified atom stereocenters. The third kappa shape index (κ3) is 3.72. The van der Waals surface area contributed by atoms with E-state index in [0.717, 1.165) is 0 Å². The first-order valence-corrected chi connectivity index (χ1v) is 6.23. The van der Waals surface area contributed by atoms with Gasteiger partial charge in [0.05, 0.1) is 3.79 Å². The highest BCUT2D eigenvalue weighted by Gasteiger charge is 1.96. The molecule has 0 spiro atoms. The number of rotatable bonds is 5. The van der Waals surface area contributed by atoms with Crippen LogP contribution in [-0.2, 0) is 6.42 Å². The Kier molecular flexibility index (Phi) is 4.93. The van der Waals surface area contributed by atoms with Gasteiger partial charge in [0.1, 0.15) is 0 Å². The molecule has 0 nitrogen and oxygen atoms in total. The first kappa shape index (κ1) is 10.3. The van der Waals surface area contributed by atoms with Crippen molar-refractivity contribution in [1.82, 2.24) is 0 Å². The third-order valence-electron chi connectivity index (χ3n) is 1.94. The van der Waals surface area contributed by atoms with E-state index in [1.54, 1.807) is 11.3 Å². The van der Waals surface area contributed by atoms with Gasteiger partial charge in [-0.1, -0.05) is 26.2 Å². The summed E-state index contributed by atoms with van der Waals surface area (Å²) in [5, 5.41) is 2.25. The lowest BCUT2D eigenvalue weighted by Gasteiger charge is -1.96. The van der Waals surface area contributed by atoms with Crippen LogP contribution >= 0.6 is 27.3 Å². The molecule has 1 aromatic rings. The molecule has 0 aliphatic carbocycles. The highest BCUT2D eigenvalue weighted by Crippen LogP contribution is 2.22. The average Bonchev–Trinajstić information content (AvgIpc) is 2.45. The Balaban J connectivity index is 2.15. The van der Waals surface area contributed by atoms with Crippen LogP contribution in [0.25, 0.3) is 0 Å². The normalized spacial score (nSPS) is 10.5. The molecule has 0 fully saturated rings. The van der Waals surface area contributed by atoms with Gasteiger partial charge < -0.3 is 0 Å². The number of aryl methyl sites for hydroxylation is 1. The molecule has 0 amide bonds. The smallest absolute Gasteiger partial charge is 0.0701 e. The minimum atomic E-state index is 1.25. The molecule has 1 heterocycles. The quantitative estimate of drug-likeness (QED) is 0.665. The van der Waals surface area contributed by atoms with Crippen LogP contribution < -0.4 is 0 Å². The number of halogens is 1. The van der Waals surface area contributed by atoms with Crippen LogP contribution in [0.3, 0.4) is 0 Å². The Labute approximate surface area is 87.1 Å². The van der Waals surface area contributed by atoms with E-state index in [0.29, 0.717) is 0 Å². The van der Waals surface area contributed by atoms with Crippen molar-refractivity contribution < 1.29 is 0 Å². The van der Waals surface area contributed by atoms with Gasteiger partial charge in [-0.25, -0.2) is 0 Å². The summed E-state index contributed by atoms with van der Waals surface area (Å²) in [7, 11) is 0. The summed E-state index contributed by atoms with van der Waals surface area (Å²) >= 11 is 5.26. The topological polar surface area (TPSA) is 0 Å². The minimum absolute atomic E-state index is 1.25. The molecular formula is C10H15BrS. The number of thiophene rings is 1. The largest absolute Gasteiger partial charge is 0.137 e. The highest BCUT2D eigenvalue weighted by atomic mass is 79.9. The molecule has 0 bridgehead atoms. The van der Waals surface area contributed by atoms with Crippen LogP contribution in [0.15, 0.2) is 15.2 Å². The Hall–Kier alpha value is 0.180. The summed E-state index contributed by atoms with van der Waals surface area (Å²) in [4.78, 5) is 0. The van der Waals surface area contributed by atoms with E-state index in [2.05, 4.69) is 34.3 Å². The van der Waals surface area contributed by atoms with Gasteiger partial charge in [-0.15, -0.1) is 11.3 Å². The number of hydrogen-bond acceptors (Lipinski definition) is 1. The summed E-state index contributed by atoms with van der Waals surface area (Å²) in [5.41, 5.74) is 1.49. The maximum atomic E-state index is 3.47. The van der Waals surface area contributed by atoms with Crippen LogP contribution in [0, 0.1) is 0 Å². The Morgan fingerprint density at radius 2 is 2.17 bits per heavy atom. The van der Waals surface area contributed by atoms with Crippen molar-refractivity contribution in [3.63, 3.8) is 0 Å². The van der Waals surface area contributed by atoms with Gasteiger partial charge in [0, 0.05) is 0 Å². The number of unbranched alkanes of at least 4 members (excludes halogenated alkanes) is 3. The van der Waals surface area contributed by atoms with Gasteiger partial charge in [0.2, 0.25) is 0 Å². The van der Waals surface area contributed by atoms with Crippen molar-refractivity contribution in [2.45, 2.75) is 39.0 Å². The van der Waals surface area contributed by atoms with Crippen LogP contribution in [-0.4, -0.2) is 0 Å². The second kappa shape index (κ2) is 5.76. The maximum Gasteiger partial charge on any atom is 0.0701 e. The van der Waals surface area contributed by atoms with Crippen molar-refractivity contribution in [2.24, 2.45) is 0 Å².